The molecule has 32 heavy (non-hydrogen) atoms. The van der Waals surface area contributed by atoms with Gasteiger partial charge in [-0.25, -0.2) is 4.79 Å². The average Bonchev–Trinajstić information content (AvgIpc) is 3.26. The lowest BCUT2D eigenvalue weighted by atomic mass is 10.1. The van der Waals surface area contributed by atoms with Crippen LogP contribution in [0.1, 0.15) is 28.8 Å². The van der Waals surface area contributed by atoms with Crippen LogP contribution in [0, 0.1) is 0 Å². The highest BCUT2D eigenvalue weighted by molar-refractivity contribution is 5.87. The topological polar surface area (TPSA) is 75.8 Å². The van der Waals surface area contributed by atoms with E-state index in [9.17, 15) is 4.79 Å². The number of rotatable bonds is 11. The molecular formula is C26H26N2O4. The quantitative estimate of drug-likeness (QED) is 0.320. The summed E-state index contributed by atoms with van der Waals surface area (Å²) in [6.45, 7) is 2.09. The Morgan fingerprint density at radius 3 is 2.38 bits per heavy atom. The second-order valence-electron chi connectivity index (χ2n) is 7.57. The molecule has 1 N–H and O–H groups in total. The molecule has 0 spiro atoms. The molecule has 0 aliphatic carbocycles. The summed E-state index contributed by atoms with van der Waals surface area (Å²) in [6, 6.07) is 25.3. The maximum atomic E-state index is 11.0. The van der Waals surface area contributed by atoms with Crippen LogP contribution in [0.25, 0.3) is 11.1 Å². The van der Waals surface area contributed by atoms with E-state index in [1.54, 1.807) is 24.3 Å². The van der Waals surface area contributed by atoms with Crippen LogP contribution in [-0.2, 0) is 6.42 Å². The minimum absolute atomic E-state index is 0.248. The molecule has 6 heteroatoms. The Hall–Kier alpha value is -3.80. The van der Waals surface area contributed by atoms with Gasteiger partial charge in [0.2, 0.25) is 0 Å². The summed E-state index contributed by atoms with van der Waals surface area (Å²) in [6.07, 6.45) is 2.76. The van der Waals surface area contributed by atoms with Crippen LogP contribution in [-0.4, -0.2) is 35.8 Å². The number of carboxylic acid groups (broad SMARTS) is 1. The third-order valence-corrected chi connectivity index (χ3v) is 5.23. The summed E-state index contributed by atoms with van der Waals surface area (Å²) in [4.78, 5) is 17.8. The molecule has 0 bridgehead atoms. The van der Waals surface area contributed by atoms with E-state index in [1.807, 2.05) is 30.3 Å². The highest BCUT2D eigenvalue weighted by Crippen LogP contribution is 2.22. The first-order valence-corrected chi connectivity index (χ1v) is 10.8. The van der Waals surface area contributed by atoms with Crippen LogP contribution in [0.2, 0.25) is 0 Å². The molecule has 0 aliphatic rings. The zero-order valence-corrected chi connectivity index (χ0v) is 17.8. The van der Waals surface area contributed by atoms with Gasteiger partial charge in [-0.15, -0.1) is 0 Å². The summed E-state index contributed by atoms with van der Waals surface area (Å²) in [5, 5.41) is 8.99. The van der Waals surface area contributed by atoms with Gasteiger partial charge in [0.05, 0.1) is 12.2 Å². The zero-order valence-electron chi connectivity index (χ0n) is 17.8. The summed E-state index contributed by atoms with van der Waals surface area (Å²) in [5.41, 5.74) is 3.20. The summed E-state index contributed by atoms with van der Waals surface area (Å²) < 4.78 is 11.8. The lowest BCUT2D eigenvalue weighted by molar-refractivity contribution is 0.0697. The molecule has 4 rings (SSSR count). The van der Waals surface area contributed by atoms with Crippen molar-refractivity contribution in [2.24, 2.45) is 0 Å². The molecule has 1 heterocycles. The van der Waals surface area contributed by atoms with Gasteiger partial charge in [-0.3, -0.25) is 0 Å². The van der Waals surface area contributed by atoms with Gasteiger partial charge in [-0.1, -0.05) is 42.5 Å². The van der Waals surface area contributed by atoms with Gasteiger partial charge < -0.3 is 19.2 Å². The highest BCUT2D eigenvalue weighted by Gasteiger charge is 2.14. The van der Waals surface area contributed by atoms with Crippen molar-refractivity contribution in [1.29, 1.82) is 0 Å². The van der Waals surface area contributed by atoms with Crippen LogP contribution >= 0.6 is 0 Å². The molecule has 0 radical (unpaired) electrons. The van der Waals surface area contributed by atoms with Crippen LogP contribution in [0.5, 0.6) is 5.75 Å². The smallest absolute Gasteiger partial charge is 0.335 e. The maximum Gasteiger partial charge on any atom is 0.335 e. The Labute approximate surface area is 187 Å². The van der Waals surface area contributed by atoms with Gasteiger partial charge in [0.25, 0.3) is 6.01 Å². The van der Waals surface area contributed by atoms with Gasteiger partial charge in [0.1, 0.15) is 11.3 Å². The molecule has 0 amide bonds. The third-order valence-electron chi connectivity index (χ3n) is 5.23. The third kappa shape index (κ3) is 5.66. The Morgan fingerprint density at radius 2 is 1.62 bits per heavy atom. The van der Waals surface area contributed by atoms with E-state index >= 15 is 0 Å². The summed E-state index contributed by atoms with van der Waals surface area (Å²) in [7, 11) is 0. The van der Waals surface area contributed by atoms with E-state index < -0.39 is 5.97 Å². The van der Waals surface area contributed by atoms with Crippen LogP contribution in [0.3, 0.4) is 0 Å². The SMILES string of the molecule is O=C(O)c1ccc(OCCCN(CCCc2ccccc2)c2nc3ccccc3o2)cc1. The molecule has 0 saturated carbocycles. The Morgan fingerprint density at radius 1 is 0.906 bits per heavy atom. The standard InChI is InChI=1S/C26H26N2O4/c29-25(30)21-13-15-22(16-14-21)31-19-7-18-28(17-6-10-20-8-2-1-3-9-20)26-27-23-11-4-5-12-24(23)32-26/h1-5,8-9,11-16H,6-7,10,17-19H2,(H,29,30). The number of nitrogens with zero attached hydrogens (tertiary/aromatic N) is 2. The lowest BCUT2D eigenvalue weighted by Crippen LogP contribution is -2.27. The number of benzene rings is 3. The van der Waals surface area contributed by atoms with Gasteiger partial charge in [-0.2, -0.15) is 4.98 Å². The summed E-state index contributed by atoms with van der Waals surface area (Å²) >= 11 is 0. The number of carbonyl (C=O) groups is 1. The van der Waals surface area contributed by atoms with Crippen molar-refractivity contribution in [3.63, 3.8) is 0 Å². The van der Waals surface area contributed by atoms with Crippen LogP contribution in [0.4, 0.5) is 6.01 Å². The minimum atomic E-state index is -0.943. The first-order chi connectivity index (χ1) is 15.7. The number of hydrogen-bond acceptors (Lipinski definition) is 5. The predicted molar refractivity (Wildman–Crippen MR) is 124 cm³/mol. The zero-order chi connectivity index (χ0) is 22.2. The highest BCUT2D eigenvalue weighted by atomic mass is 16.5. The molecule has 3 aromatic carbocycles. The number of fused-ring (bicyclic) bond motifs is 1. The van der Waals surface area contributed by atoms with Crippen LogP contribution < -0.4 is 9.64 Å². The van der Waals surface area contributed by atoms with Crippen molar-refractivity contribution in [3.8, 4) is 5.75 Å². The normalized spacial score (nSPS) is 10.9. The molecule has 6 nitrogen and oxygen atoms in total. The first kappa shape index (κ1) is 21.4. The van der Waals surface area contributed by atoms with Crippen molar-refractivity contribution in [2.45, 2.75) is 19.3 Å². The predicted octanol–water partition coefficient (Wildman–Crippen LogP) is 5.43. The molecule has 164 valence electrons. The maximum absolute atomic E-state index is 11.0. The van der Waals surface area contributed by atoms with Gasteiger partial charge in [0.15, 0.2) is 5.58 Å². The fraction of sp³-hybridized carbons (Fsp3) is 0.231. The molecule has 0 aliphatic heterocycles. The number of aromatic nitrogens is 1. The number of para-hydroxylation sites is 2. The molecule has 0 fully saturated rings. The number of hydrogen-bond donors (Lipinski definition) is 1. The molecular weight excluding hydrogens is 404 g/mol. The Balaban J connectivity index is 1.35. The van der Waals surface area contributed by atoms with Crippen LogP contribution in [0.15, 0.2) is 83.3 Å². The van der Waals surface area contributed by atoms with E-state index in [0.29, 0.717) is 18.4 Å². The number of carboxylic acids is 1. The van der Waals surface area contributed by atoms with Crippen molar-refractivity contribution < 1.29 is 19.1 Å². The second-order valence-corrected chi connectivity index (χ2v) is 7.57. The van der Waals surface area contributed by atoms with E-state index in [1.165, 1.54) is 5.56 Å². The molecule has 0 atom stereocenters. The van der Waals surface area contributed by atoms with E-state index in [4.69, 9.17) is 14.3 Å². The number of aryl methyl sites for hydroxylation is 1. The molecule has 1 aromatic heterocycles. The minimum Gasteiger partial charge on any atom is -0.494 e. The van der Waals surface area contributed by atoms with Crippen molar-refractivity contribution in [3.05, 3.63) is 90.0 Å². The largest absolute Gasteiger partial charge is 0.494 e. The summed E-state index contributed by atoms with van der Waals surface area (Å²) in [5.74, 6) is -0.284. The molecule has 4 aromatic rings. The number of aromatic carboxylic acids is 1. The van der Waals surface area contributed by atoms with Gasteiger partial charge in [0, 0.05) is 13.1 Å². The lowest BCUT2D eigenvalue weighted by Gasteiger charge is -2.20. The van der Waals surface area contributed by atoms with Crippen molar-refractivity contribution >= 4 is 23.1 Å². The molecule has 0 saturated heterocycles. The Bertz CT molecular complexity index is 1110. The first-order valence-electron chi connectivity index (χ1n) is 10.8. The van der Waals surface area contributed by atoms with Gasteiger partial charge >= 0.3 is 5.97 Å². The average molecular weight is 431 g/mol. The van der Waals surface area contributed by atoms with E-state index in [2.05, 4.69) is 34.1 Å². The molecule has 0 unspecified atom stereocenters. The number of anilines is 1. The number of oxazole rings is 1. The Kier molecular flexibility index (Phi) is 7.02. The van der Waals surface area contributed by atoms with E-state index in [-0.39, 0.29) is 5.56 Å². The van der Waals surface area contributed by atoms with E-state index in [0.717, 1.165) is 43.5 Å². The van der Waals surface area contributed by atoms with Gasteiger partial charge in [-0.05, 0) is 61.2 Å². The van der Waals surface area contributed by atoms with Crippen molar-refractivity contribution in [1.82, 2.24) is 4.98 Å². The fourth-order valence-corrected chi connectivity index (χ4v) is 3.56. The van der Waals surface area contributed by atoms with Crippen molar-refractivity contribution in [2.75, 3.05) is 24.6 Å². The fourth-order valence-electron chi connectivity index (χ4n) is 3.56. The monoisotopic (exact) mass is 430 g/mol. The second kappa shape index (κ2) is 10.5. The number of ether oxygens (including phenoxy) is 1.